The van der Waals surface area contributed by atoms with Gasteiger partial charge in [0, 0.05) is 11.6 Å². The zero-order chi connectivity index (χ0) is 19.1. The summed E-state index contributed by atoms with van der Waals surface area (Å²) in [5.74, 6) is 0.357. The molecule has 0 aliphatic heterocycles. The van der Waals surface area contributed by atoms with Crippen LogP contribution in [0.3, 0.4) is 0 Å². The average molecular weight is 366 g/mol. The van der Waals surface area contributed by atoms with Crippen molar-refractivity contribution in [2.45, 2.75) is 45.1 Å². The maximum absolute atomic E-state index is 12.6. The minimum Gasteiger partial charge on any atom is -0.494 e. The number of carbonyl (C=O) groups excluding carboxylic acids is 2. The van der Waals surface area contributed by atoms with Crippen molar-refractivity contribution >= 4 is 17.5 Å². The minimum absolute atomic E-state index is 0.149. The van der Waals surface area contributed by atoms with Gasteiger partial charge in [0.05, 0.1) is 17.9 Å². The van der Waals surface area contributed by atoms with Gasteiger partial charge in [-0.2, -0.15) is 0 Å². The van der Waals surface area contributed by atoms with E-state index in [-0.39, 0.29) is 17.9 Å². The van der Waals surface area contributed by atoms with Crippen molar-refractivity contribution in [1.82, 2.24) is 5.32 Å². The third kappa shape index (κ3) is 5.58. The summed E-state index contributed by atoms with van der Waals surface area (Å²) < 4.78 is 5.67. The summed E-state index contributed by atoms with van der Waals surface area (Å²) in [5.41, 5.74) is 1.52. The minimum atomic E-state index is -0.251. The SMILES string of the molecule is CCCCCOc1ccc(C(=O)Nc2ccccc2C(=O)NC2CC2)cc1. The Hall–Kier alpha value is -2.82. The molecule has 1 saturated carbocycles. The van der Waals surface area contributed by atoms with Gasteiger partial charge in [0.2, 0.25) is 0 Å². The smallest absolute Gasteiger partial charge is 0.255 e. The zero-order valence-electron chi connectivity index (χ0n) is 15.7. The summed E-state index contributed by atoms with van der Waals surface area (Å²) in [6, 6.07) is 14.4. The van der Waals surface area contributed by atoms with Crippen LogP contribution in [0, 0.1) is 0 Å². The Morgan fingerprint density at radius 2 is 1.74 bits per heavy atom. The van der Waals surface area contributed by atoms with Gasteiger partial charge in [-0.1, -0.05) is 31.9 Å². The molecule has 0 heterocycles. The van der Waals surface area contributed by atoms with Crippen LogP contribution in [0.4, 0.5) is 5.69 Å². The van der Waals surface area contributed by atoms with E-state index in [1.165, 1.54) is 0 Å². The number of amides is 2. The molecular formula is C22H26N2O3. The zero-order valence-corrected chi connectivity index (χ0v) is 15.7. The monoisotopic (exact) mass is 366 g/mol. The second kappa shape index (κ2) is 9.21. The molecule has 1 aliphatic rings. The molecule has 0 radical (unpaired) electrons. The van der Waals surface area contributed by atoms with E-state index in [4.69, 9.17) is 4.74 Å². The molecule has 0 spiro atoms. The lowest BCUT2D eigenvalue weighted by atomic mass is 10.1. The highest BCUT2D eigenvalue weighted by molar-refractivity contribution is 6.09. The summed E-state index contributed by atoms with van der Waals surface area (Å²) in [4.78, 5) is 24.9. The molecule has 0 atom stereocenters. The van der Waals surface area contributed by atoms with Crippen LogP contribution >= 0.6 is 0 Å². The molecule has 2 N–H and O–H groups in total. The van der Waals surface area contributed by atoms with Gasteiger partial charge in [-0.15, -0.1) is 0 Å². The van der Waals surface area contributed by atoms with Crippen molar-refractivity contribution in [3.05, 3.63) is 59.7 Å². The molecule has 1 aliphatic carbocycles. The van der Waals surface area contributed by atoms with E-state index in [0.717, 1.165) is 37.9 Å². The van der Waals surface area contributed by atoms with E-state index in [1.54, 1.807) is 48.5 Å². The number of nitrogens with one attached hydrogen (secondary N) is 2. The molecule has 0 aromatic heterocycles. The molecule has 5 nitrogen and oxygen atoms in total. The first-order valence-corrected chi connectivity index (χ1v) is 9.61. The number of anilines is 1. The number of hydrogen-bond donors (Lipinski definition) is 2. The van der Waals surface area contributed by atoms with Gasteiger partial charge in [0.15, 0.2) is 0 Å². The van der Waals surface area contributed by atoms with E-state index < -0.39 is 0 Å². The van der Waals surface area contributed by atoms with Crippen LogP contribution in [0.5, 0.6) is 5.75 Å². The van der Waals surface area contributed by atoms with E-state index in [9.17, 15) is 9.59 Å². The van der Waals surface area contributed by atoms with Crippen LogP contribution in [-0.2, 0) is 0 Å². The Bertz CT molecular complexity index is 782. The fourth-order valence-electron chi connectivity index (χ4n) is 2.72. The number of carbonyl (C=O) groups is 2. The number of benzene rings is 2. The third-order valence-electron chi connectivity index (χ3n) is 4.47. The molecule has 2 aromatic rings. The molecule has 0 unspecified atom stereocenters. The fourth-order valence-corrected chi connectivity index (χ4v) is 2.72. The molecule has 2 aromatic carbocycles. The van der Waals surface area contributed by atoms with Crippen LogP contribution in [0.25, 0.3) is 0 Å². The second-order valence-corrected chi connectivity index (χ2v) is 6.83. The fraction of sp³-hybridized carbons (Fsp3) is 0.364. The Kier molecular flexibility index (Phi) is 6.47. The van der Waals surface area contributed by atoms with Crippen molar-refractivity contribution in [3.8, 4) is 5.75 Å². The highest BCUT2D eigenvalue weighted by Gasteiger charge is 2.25. The lowest BCUT2D eigenvalue weighted by Gasteiger charge is -2.11. The van der Waals surface area contributed by atoms with Crippen molar-refractivity contribution < 1.29 is 14.3 Å². The highest BCUT2D eigenvalue weighted by atomic mass is 16.5. The van der Waals surface area contributed by atoms with E-state index in [2.05, 4.69) is 17.6 Å². The Morgan fingerprint density at radius 1 is 1.00 bits per heavy atom. The predicted molar refractivity (Wildman–Crippen MR) is 106 cm³/mol. The lowest BCUT2D eigenvalue weighted by Crippen LogP contribution is -2.27. The first-order valence-electron chi connectivity index (χ1n) is 9.61. The van der Waals surface area contributed by atoms with Crippen molar-refractivity contribution in [2.75, 3.05) is 11.9 Å². The maximum atomic E-state index is 12.6. The van der Waals surface area contributed by atoms with Gasteiger partial charge in [0.25, 0.3) is 11.8 Å². The highest BCUT2D eigenvalue weighted by Crippen LogP contribution is 2.22. The van der Waals surface area contributed by atoms with Gasteiger partial charge >= 0.3 is 0 Å². The van der Waals surface area contributed by atoms with Crippen molar-refractivity contribution in [1.29, 1.82) is 0 Å². The lowest BCUT2D eigenvalue weighted by molar-refractivity contribution is 0.0952. The third-order valence-corrected chi connectivity index (χ3v) is 4.47. The Labute approximate surface area is 160 Å². The van der Waals surface area contributed by atoms with Crippen LogP contribution in [0.2, 0.25) is 0 Å². The van der Waals surface area contributed by atoms with E-state index in [1.807, 2.05) is 0 Å². The standard InChI is InChI=1S/C22H26N2O3/c1-2-3-6-15-27-18-13-9-16(10-14-18)21(25)24-20-8-5-4-7-19(20)22(26)23-17-11-12-17/h4-5,7-10,13-14,17H,2-3,6,11-12,15H2,1H3,(H,23,26)(H,24,25). The largest absolute Gasteiger partial charge is 0.494 e. The first kappa shape index (κ1) is 19.0. The van der Waals surface area contributed by atoms with E-state index >= 15 is 0 Å². The molecule has 27 heavy (non-hydrogen) atoms. The average Bonchev–Trinajstić information content (AvgIpc) is 3.50. The topological polar surface area (TPSA) is 67.4 Å². The molecule has 142 valence electrons. The van der Waals surface area contributed by atoms with Crippen molar-refractivity contribution in [3.63, 3.8) is 0 Å². The quantitative estimate of drug-likeness (QED) is 0.646. The molecule has 5 heteroatoms. The van der Waals surface area contributed by atoms with Crippen LogP contribution in [-0.4, -0.2) is 24.5 Å². The van der Waals surface area contributed by atoms with Crippen LogP contribution < -0.4 is 15.4 Å². The number of unbranched alkanes of at least 4 members (excludes halogenated alkanes) is 2. The van der Waals surface area contributed by atoms with Crippen molar-refractivity contribution in [2.24, 2.45) is 0 Å². The molecule has 3 rings (SSSR count). The molecule has 0 saturated heterocycles. The molecule has 1 fully saturated rings. The Balaban J connectivity index is 1.61. The molecule has 2 amide bonds. The maximum Gasteiger partial charge on any atom is 0.255 e. The summed E-state index contributed by atoms with van der Waals surface area (Å²) in [7, 11) is 0. The second-order valence-electron chi connectivity index (χ2n) is 6.83. The van der Waals surface area contributed by atoms with Gasteiger partial charge < -0.3 is 15.4 Å². The van der Waals surface area contributed by atoms with Gasteiger partial charge in [-0.3, -0.25) is 9.59 Å². The molecule has 0 bridgehead atoms. The Morgan fingerprint density at radius 3 is 2.44 bits per heavy atom. The number of ether oxygens (including phenoxy) is 1. The summed E-state index contributed by atoms with van der Waals surface area (Å²) in [5, 5.41) is 5.79. The number of para-hydroxylation sites is 1. The molecular weight excluding hydrogens is 340 g/mol. The van der Waals surface area contributed by atoms with Gasteiger partial charge in [0.1, 0.15) is 5.75 Å². The van der Waals surface area contributed by atoms with Crippen LogP contribution in [0.1, 0.15) is 59.7 Å². The van der Waals surface area contributed by atoms with Crippen LogP contribution in [0.15, 0.2) is 48.5 Å². The summed E-state index contributed by atoms with van der Waals surface area (Å²) >= 11 is 0. The predicted octanol–water partition coefficient (Wildman–Crippen LogP) is 4.40. The summed E-state index contributed by atoms with van der Waals surface area (Å²) in [6.45, 7) is 2.84. The van der Waals surface area contributed by atoms with Gasteiger partial charge in [-0.25, -0.2) is 0 Å². The number of hydrogen-bond acceptors (Lipinski definition) is 3. The number of rotatable bonds is 9. The first-order chi connectivity index (χ1) is 13.2. The normalized spacial score (nSPS) is 13.1. The van der Waals surface area contributed by atoms with E-state index in [0.29, 0.717) is 23.4 Å². The van der Waals surface area contributed by atoms with Gasteiger partial charge in [-0.05, 0) is 55.7 Å². The summed E-state index contributed by atoms with van der Waals surface area (Å²) in [6.07, 6.45) is 5.37.